The van der Waals surface area contributed by atoms with Crippen LogP contribution in [0.25, 0.3) is 0 Å². The highest BCUT2D eigenvalue weighted by Crippen LogP contribution is 2.23. The molecular weight excluding hydrogens is 216 g/mol. The van der Waals surface area contributed by atoms with E-state index in [2.05, 4.69) is 10.0 Å². The van der Waals surface area contributed by atoms with Gasteiger partial charge in [-0.2, -0.15) is 0 Å². The van der Waals surface area contributed by atoms with E-state index in [9.17, 15) is 9.59 Å². The summed E-state index contributed by atoms with van der Waals surface area (Å²) >= 11 is 0. The summed E-state index contributed by atoms with van der Waals surface area (Å²) in [5.74, 6) is 0.879. The number of Topliss-reactive ketones (excluding diaryl/α,β-unsaturated/α-hetero) is 1. The van der Waals surface area contributed by atoms with Crippen molar-refractivity contribution >= 4 is 12.1 Å². The molecule has 4 nitrogen and oxygen atoms in total. The Morgan fingerprint density at radius 1 is 1.00 bits per heavy atom. The molecule has 0 atom stereocenters. The summed E-state index contributed by atoms with van der Waals surface area (Å²) < 4.78 is 0. The van der Waals surface area contributed by atoms with E-state index in [4.69, 9.17) is 0 Å². The summed E-state index contributed by atoms with van der Waals surface area (Å²) in [5.41, 5.74) is 0. The molecule has 0 unspecified atom stereocenters. The van der Waals surface area contributed by atoms with E-state index in [0.717, 1.165) is 58.1 Å². The lowest BCUT2D eigenvalue weighted by atomic mass is 9.93. The first-order chi connectivity index (χ1) is 8.20. The van der Waals surface area contributed by atoms with Crippen molar-refractivity contribution in [3.63, 3.8) is 0 Å². The van der Waals surface area contributed by atoms with Gasteiger partial charge in [0.15, 0.2) is 0 Å². The Bertz CT molecular complexity index is 277. The quantitative estimate of drug-likeness (QED) is 0.691. The molecule has 4 heteroatoms. The molecular formula is C13H22N2O2. The average Bonchev–Trinajstić information content (AvgIpc) is 2.39. The van der Waals surface area contributed by atoms with Crippen LogP contribution in [0.1, 0.15) is 32.6 Å². The van der Waals surface area contributed by atoms with E-state index < -0.39 is 0 Å². The summed E-state index contributed by atoms with van der Waals surface area (Å²) in [7, 11) is 0. The third kappa shape index (κ3) is 3.13. The summed E-state index contributed by atoms with van der Waals surface area (Å²) in [6, 6.07) is 0. The fraction of sp³-hybridized carbons (Fsp3) is 0.846. The Hall–Kier alpha value is -0.740. The fourth-order valence-electron chi connectivity index (χ4n) is 2.86. The number of nitrogens with zero attached hydrogens (tertiary/aromatic N) is 2. The van der Waals surface area contributed by atoms with Crippen molar-refractivity contribution in [2.75, 3.05) is 26.2 Å². The first-order valence-corrected chi connectivity index (χ1v) is 6.66. The molecule has 0 bridgehead atoms. The predicted molar refractivity (Wildman–Crippen MR) is 65.3 cm³/mol. The monoisotopic (exact) mass is 238 g/mol. The number of hydrogen-bond acceptors (Lipinski definition) is 4. The number of ketones is 1. The van der Waals surface area contributed by atoms with Gasteiger partial charge in [-0.3, -0.25) is 4.79 Å². The lowest BCUT2D eigenvalue weighted by molar-refractivity contribution is -0.126. The third-order valence-corrected chi connectivity index (χ3v) is 4.15. The molecule has 0 aromatic heterocycles. The van der Waals surface area contributed by atoms with Crippen LogP contribution in [0.4, 0.5) is 0 Å². The topological polar surface area (TPSA) is 40.6 Å². The van der Waals surface area contributed by atoms with Crippen LogP contribution in [0.2, 0.25) is 0 Å². The standard InChI is InChI=1S/C13H22N2O2/c1-11(17)13-4-8-15(9-5-13)14-6-2-12(10-16)3-7-14/h10,12-13H,2-9H2,1H3. The van der Waals surface area contributed by atoms with E-state index in [0.29, 0.717) is 5.78 Å². The van der Waals surface area contributed by atoms with Gasteiger partial charge in [0.1, 0.15) is 12.1 Å². The number of rotatable bonds is 3. The lowest BCUT2D eigenvalue weighted by Crippen LogP contribution is -2.50. The smallest absolute Gasteiger partial charge is 0.133 e. The van der Waals surface area contributed by atoms with Crippen LogP contribution >= 0.6 is 0 Å². The molecule has 2 aliphatic rings. The summed E-state index contributed by atoms with van der Waals surface area (Å²) in [4.78, 5) is 22.0. The molecule has 2 rings (SSSR count). The van der Waals surface area contributed by atoms with Crippen molar-refractivity contribution < 1.29 is 9.59 Å². The molecule has 0 aromatic rings. The Balaban J connectivity index is 1.78. The number of carbonyl (C=O) groups is 2. The van der Waals surface area contributed by atoms with Crippen LogP contribution in [0.15, 0.2) is 0 Å². The second-order valence-electron chi connectivity index (χ2n) is 5.27. The van der Waals surface area contributed by atoms with E-state index in [-0.39, 0.29) is 11.8 Å². The average molecular weight is 238 g/mol. The zero-order valence-electron chi connectivity index (χ0n) is 10.6. The van der Waals surface area contributed by atoms with Crippen molar-refractivity contribution in [2.45, 2.75) is 32.6 Å². The second kappa shape index (κ2) is 5.74. The van der Waals surface area contributed by atoms with Crippen molar-refractivity contribution in [3.8, 4) is 0 Å². The van der Waals surface area contributed by atoms with Gasteiger partial charge in [0.25, 0.3) is 0 Å². The van der Waals surface area contributed by atoms with E-state index in [1.54, 1.807) is 6.92 Å². The largest absolute Gasteiger partial charge is 0.303 e. The van der Waals surface area contributed by atoms with Crippen LogP contribution < -0.4 is 0 Å². The third-order valence-electron chi connectivity index (χ3n) is 4.15. The molecule has 0 N–H and O–H groups in total. The zero-order valence-corrected chi connectivity index (χ0v) is 10.6. The molecule has 96 valence electrons. The van der Waals surface area contributed by atoms with Gasteiger partial charge in [-0.25, -0.2) is 10.0 Å². The molecule has 2 fully saturated rings. The molecule has 0 saturated carbocycles. The highest BCUT2D eigenvalue weighted by atomic mass is 16.1. The first-order valence-electron chi connectivity index (χ1n) is 6.66. The predicted octanol–water partition coefficient (Wildman–Crippen LogP) is 1.11. The second-order valence-corrected chi connectivity index (χ2v) is 5.27. The van der Waals surface area contributed by atoms with Crippen LogP contribution in [0, 0.1) is 11.8 Å². The minimum Gasteiger partial charge on any atom is -0.303 e. The van der Waals surface area contributed by atoms with Gasteiger partial charge >= 0.3 is 0 Å². The molecule has 2 saturated heterocycles. The number of aldehydes is 1. The van der Waals surface area contributed by atoms with Crippen LogP contribution in [0.5, 0.6) is 0 Å². The maximum Gasteiger partial charge on any atom is 0.133 e. The number of hydrazine groups is 1. The minimum atomic E-state index is 0.265. The Morgan fingerprint density at radius 3 is 1.88 bits per heavy atom. The normalized spacial score (nSPS) is 25.9. The van der Waals surface area contributed by atoms with Crippen LogP contribution in [-0.2, 0) is 9.59 Å². The first kappa shape index (κ1) is 12.7. The molecule has 17 heavy (non-hydrogen) atoms. The van der Waals surface area contributed by atoms with Gasteiger partial charge in [0.05, 0.1) is 0 Å². The van der Waals surface area contributed by atoms with E-state index >= 15 is 0 Å². The zero-order chi connectivity index (χ0) is 12.3. The van der Waals surface area contributed by atoms with Gasteiger partial charge in [-0.1, -0.05) is 0 Å². The molecule has 0 aromatic carbocycles. The Kier molecular flexibility index (Phi) is 4.29. The number of piperidine rings is 2. The van der Waals surface area contributed by atoms with Crippen molar-refractivity contribution in [1.82, 2.24) is 10.0 Å². The Labute approximate surface area is 103 Å². The highest BCUT2D eigenvalue weighted by molar-refractivity contribution is 5.78. The molecule has 2 aliphatic heterocycles. The van der Waals surface area contributed by atoms with E-state index in [1.165, 1.54) is 0 Å². The molecule has 2 heterocycles. The highest BCUT2D eigenvalue weighted by Gasteiger charge is 2.28. The van der Waals surface area contributed by atoms with Crippen LogP contribution in [-0.4, -0.2) is 48.3 Å². The summed E-state index contributed by atoms with van der Waals surface area (Å²) in [5, 5.41) is 4.75. The van der Waals surface area contributed by atoms with Gasteiger partial charge in [0.2, 0.25) is 0 Å². The summed E-state index contributed by atoms with van der Waals surface area (Å²) in [6.07, 6.45) is 5.04. The molecule has 0 spiro atoms. The van der Waals surface area contributed by atoms with Crippen molar-refractivity contribution in [2.24, 2.45) is 11.8 Å². The SMILES string of the molecule is CC(=O)C1CCN(N2CCC(C=O)CC2)CC1. The number of hydrogen-bond donors (Lipinski definition) is 0. The Morgan fingerprint density at radius 2 is 1.47 bits per heavy atom. The lowest BCUT2D eigenvalue weighted by Gasteiger charge is -2.42. The maximum absolute atomic E-state index is 11.3. The van der Waals surface area contributed by atoms with Gasteiger partial charge in [-0.05, 0) is 32.6 Å². The van der Waals surface area contributed by atoms with E-state index in [1.807, 2.05) is 0 Å². The maximum atomic E-state index is 11.3. The van der Waals surface area contributed by atoms with Crippen molar-refractivity contribution in [1.29, 1.82) is 0 Å². The molecule has 0 aliphatic carbocycles. The minimum absolute atomic E-state index is 0.265. The van der Waals surface area contributed by atoms with Crippen LogP contribution in [0.3, 0.4) is 0 Å². The molecule has 0 amide bonds. The van der Waals surface area contributed by atoms with Gasteiger partial charge in [0, 0.05) is 38.0 Å². The summed E-state index contributed by atoms with van der Waals surface area (Å²) in [6.45, 7) is 5.68. The molecule has 0 radical (unpaired) electrons. The van der Waals surface area contributed by atoms with Gasteiger partial charge in [-0.15, -0.1) is 0 Å². The fourth-order valence-corrected chi connectivity index (χ4v) is 2.86. The van der Waals surface area contributed by atoms with Crippen molar-refractivity contribution in [3.05, 3.63) is 0 Å². The van der Waals surface area contributed by atoms with Gasteiger partial charge < -0.3 is 4.79 Å². The number of carbonyl (C=O) groups excluding carboxylic acids is 2.